The minimum atomic E-state index is -0.767. The molecule has 0 aliphatic carbocycles. The van der Waals surface area contributed by atoms with Crippen molar-refractivity contribution >= 4 is 11.8 Å². The highest BCUT2D eigenvalue weighted by Gasteiger charge is 2.14. The number of rotatable bonds is 3. The molecular formula is C10H9F2NOS. The molecule has 1 unspecified atom stereocenters. The molecule has 1 aromatic carbocycles. The number of aliphatic hydroxyl groups excluding tert-OH is 1. The number of nitriles is 1. The molecule has 0 radical (unpaired) electrons. The van der Waals surface area contributed by atoms with E-state index in [1.54, 1.807) is 13.0 Å². The molecule has 15 heavy (non-hydrogen) atoms. The summed E-state index contributed by atoms with van der Waals surface area (Å²) >= 11 is 0.907. The van der Waals surface area contributed by atoms with E-state index < -0.39 is 11.6 Å². The first-order valence-corrected chi connectivity index (χ1v) is 5.13. The van der Waals surface area contributed by atoms with Crippen LogP contribution >= 0.6 is 11.8 Å². The van der Waals surface area contributed by atoms with Crippen LogP contribution in [0.4, 0.5) is 8.78 Å². The van der Waals surface area contributed by atoms with Gasteiger partial charge in [0.15, 0.2) is 0 Å². The quantitative estimate of drug-likeness (QED) is 0.809. The predicted molar refractivity (Wildman–Crippen MR) is 53.5 cm³/mol. The van der Waals surface area contributed by atoms with Gasteiger partial charge in [0, 0.05) is 5.25 Å². The molecule has 2 nitrogen and oxygen atoms in total. The minimum absolute atomic E-state index is 0.0500. The third-order valence-corrected chi connectivity index (χ3v) is 2.88. The van der Waals surface area contributed by atoms with Crippen molar-refractivity contribution in [3.63, 3.8) is 0 Å². The molecule has 1 rings (SSSR count). The molecule has 0 saturated carbocycles. The number of thioether (sulfide) groups is 1. The van der Waals surface area contributed by atoms with Gasteiger partial charge in [0.05, 0.1) is 23.1 Å². The van der Waals surface area contributed by atoms with E-state index in [0.717, 1.165) is 23.9 Å². The summed E-state index contributed by atoms with van der Waals surface area (Å²) in [5, 5.41) is 16.9. The summed E-state index contributed by atoms with van der Waals surface area (Å²) in [6.07, 6.45) is 0. The zero-order chi connectivity index (χ0) is 11.4. The molecule has 1 aromatic rings. The molecule has 0 amide bonds. The van der Waals surface area contributed by atoms with E-state index in [1.807, 2.05) is 0 Å². The van der Waals surface area contributed by atoms with E-state index in [1.165, 1.54) is 0 Å². The van der Waals surface area contributed by atoms with Crippen molar-refractivity contribution < 1.29 is 13.9 Å². The average molecular weight is 229 g/mol. The fourth-order valence-electron chi connectivity index (χ4n) is 0.975. The molecule has 1 atom stereocenters. The van der Waals surface area contributed by atoms with Gasteiger partial charge in [-0.25, -0.2) is 8.78 Å². The van der Waals surface area contributed by atoms with Crippen LogP contribution in [0.25, 0.3) is 0 Å². The summed E-state index contributed by atoms with van der Waals surface area (Å²) in [6.45, 7) is 1.49. The monoisotopic (exact) mass is 229 g/mol. The molecular weight excluding hydrogens is 220 g/mol. The average Bonchev–Trinajstić information content (AvgIpc) is 2.22. The molecule has 0 fully saturated rings. The van der Waals surface area contributed by atoms with Crippen LogP contribution in [0.1, 0.15) is 12.5 Å². The Kier molecular flexibility index (Phi) is 4.06. The lowest BCUT2D eigenvalue weighted by Gasteiger charge is -2.09. The Labute approximate surface area is 90.5 Å². The molecule has 1 N–H and O–H groups in total. The topological polar surface area (TPSA) is 44.0 Å². The maximum Gasteiger partial charge on any atom is 0.141 e. The number of nitrogens with zero attached hydrogens (tertiary/aromatic N) is 1. The molecule has 0 saturated heterocycles. The second-order valence-electron chi connectivity index (χ2n) is 2.99. The van der Waals surface area contributed by atoms with E-state index in [-0.39, 0.29) is 22.3 Å². The number of aliphatic hydroxyl groups is 1. The van der Waals surface area contributed by atoms with Gasteiger partial charge >= 0.3 is 0 Å². The number of benzene rings is 1. The Balaban J connectivity index is 3.04. The summed E-state index contributed by atoms with van der Waals surface area (Å²) in [5.74, 6) is -1.53. The maximum absolute atomic E-state index is 13.3. The number of hydrogen-bond acceptors (Lipinski definition) is 3. The smallest absolute Gasteiger partial charge is 0.141 e. The fourth-order valence-corrected chi connectivity index (χ4v) is 1.80. The standard InChI is InChI=1S/C10H9F2NOS/c1-6(5-14)15-10-8(11)2-7(4-13)3-9(10)12/h2-3,6,14H,5H2,1H3. The van der Waals surface area contributed by atoms with Gasteiger partial charge in [-0.15, -0.1) is 11.8 Å². The Hall–Kier alpha value is -1.12. The van der Waals surface area contributed by atoms with Crippen LogP contribution in [0, 0.1) is 23.0 Å². The minimum Gasteiger partial charge on any atom is -0.395 e. The van der Waals surface area contributed by atoms with E-state index in [4.69, 9.17) is 10.4 Å². The molecule has 5 heteroatoms. The molecule has 0 aliphatic heterocycles. The predicted octanol–water partition coefficient (Wildman–Crippen LogP) is 2.31. The van der Waals surface area contributed by atoms with E-state index >= 15 is 0 Å². The summed E-state index contributed by atoms with van der Waals surface area (Å²) < 4.78 is 26.6. The Morgan fingerprint density at radius 3 is 2.40 bits per heavy atom. The summed E-state index contributed by atoms with van der Waals surface area (Å²) in [6, 6.07) is 3.63. The highest BCUT2D eigenvalue weighted by Crippen LogP contribution is 2.29. The van der Waals surface area contributed by atoms with Crippen molar-refractivity contribution in [3.05, 3.63) is 29.3 Å². The van der Waals surface area contributed by atoms with Gasteiger partial charge < -0.3 is 5.11 Å². The third-order valence-electron chi connectivity index (χ3n) is 1.70. The van der Waals surface area contributed by atoms with Gasteiger partial charge in [-0.05, 0) is 12.1 Å². The van der Waals surface area contributed by atoms with Crippen LogP contribution in [-0.4, -0.2) is 17.0 Å². The van der Waals surface area contributed by atoms with E-state index in [9.17, 15) is 8.78 Å². The molecule has 80 valence electrons. The lowest BCUT2D eigenvalue weighted by Crippen LogP contribution is -2.03. The van der Waals surface area contributed by atoms with Crippen molar-refractivity contribution in [1.82, 2.24) is 0 Å². The molecule has 0 heterocycles. The van der Waals surface area contributed by atoms with Crippen LogP contribution in [0.5, 0.6) is 0 Å². The second kappa shape index (κ2) is 5.10. The second-order valence-corrected chi connectivity index (χ2v) is 4.44. The van der Waals surface area contributed by atoms with Crippen LogP contribution in [-0.2, 0) is 0 Å². The third kappa shape index (κ3) is 2.91. The van der Waals surface area contributed by atoms with Gasteiger partial charge in [-0.3, -0.25) is 0 Å². The Bertz CT molecular complexity index is 380. The number of hydrogen-bond donors (Lipinski definition) is 1. The highest BCUT2D eigenvalue weighted by molar-refractivity contribution is 8.00. The van der Waals surface area contributed by atoms with E-state index in [2.05, 4.69) is 0 Å². The molecule has 0 aliphatic rings. The fraction of sp³-hybridized carbons (Fsp3) is 0.300. The maximum atomic E-state index is 13.3. The summed E-state index contributed by atoms with van der Waals surface area (Å²) in [4.78, 5) is -0.157. The molecule has 0 aromatic heterocycles. The highest BCUT2D eigenvalue weighted by atomic mass is 32.2. The van der Waals surface area contributed by atoms with Gasteiger partial charge in [0.25, 0.3) is 0 Å². The van der Waals surface area contributed by atoms with Crippen molar-refractivity contribution in [2.75, 3.05) is 6.61 Å². The SMILES string of the molecule is CC(CO)Sc1c(F)cc(C#N)cc1F. The zero-order valence-corrected chi connectivity index (χ0v) is 8.81. The first kappa shape index (κ1) is 12.0. The molecule has 0 spiro atoms. The van der Waals surface area contributed by atoms with Crippen LogP contribution in [0.2, 0.25) is 0 Å². The molecule has 0 bridgehead atoms. The normalized spacial score (nSPS) is 12.2. The van der Waals surface area contributed by atoms with Gasteiger partial charge in [-0.2, -0.15) is 5.26 Å². The van der Waals surface area contributed by atoms with E-state index in [0.29, 0.717) is 0 Å². The van der Waals surface area contributed by atoms with Crippen molar-refractivity contribution in [2.24, 2.45) is 0 Å². The lowest BCUT2D eigenvalue weighted by molar-refractivity contribution is 0.300. The number of halogens is 2. The first-order chi connectivity index (χ1) is 7.08. The van der Waals surface area contributed by atoms with Crippen molar-refractivity contribution in [1.29, 1.82) is 5.26 Å². The lowest BCUT2D eigenvalue weighted by atomic mass is 10.2. The van der Waals surface area contributed by atoms with Gasteiger partial charge in [0.1, 0.15) is 11.6 Å². The summed E-state index contributed by atoms with van der Waals surface area (Å²) in [7, 11) is 0. The first-order valence-electron chi connectivity index (χ1n) is 4.25. The van der Waals surface area contributed by atoms with Crippen molar-refractivity contribution in [3.8, 4) is 6.07 Å². The van der Waals surface area contributed by atoms with Gasteiger partial charge in [0.2, 0.25) is 0 Å². The van der Waals surface area contributed by atoms with Gasteiger partial charge in [-0.1, -0.05) is 6.92 Å². The Morgan fingerprint density at radius 2 is 2.00 bits per heavy atom. The van der Waals surface area contributed by atoms with Crippen LogP contribution in [0.15, 0.2) is 17.0 Å². The summed E-state index contributed by atoms with van der Waals surface area (Å²) in [5.41, 5.74) is -0.0500. The Morgan fingerprint density at radius 1 is 1.47 bits per heavy atom. The largest absolute Gasteiger partial charge is 0.395 e. The van der Waals surface area contributed by atoms with Crippen LogP contribution < -0.4 is 0 Å². The zero-order valence-electron chi connectivity index (χ0n) is 8.00. The van der Waals surface area contributed by atoms with Crippen molar-refractivity contribution in [2.45, 2.75) is 17.1 Å². The van der Waals surface area contributed by atoms with Crippen LogP contribution in [0.3, 0.4) is 0 Å².